The Kier molecular flexibility index (Phi) is 21.3. The SMILES string of the molecule is C1CCOC1.CC(=O)c1ccc(O)cc1.CCCCC(=O)CC(=O)c1ccc(O)cc1.CCCCC(=O)OCC. The number of Topliss-reactive ketones (excluding diaryl/α,β-unsaturated/α-hetero) is 3. The third-order valence-electron chi connectivity index (χ3n) is 5.50. The molecule has 2 N–H and O–H groups in total. The normalized spacial score (nSPS) is 11.4. The highest BCUT2D eigenvalue weighted by Crippen LogP contribution is 2.12. The lowest BCUT2D eigenvalue weighted by atomic mass is 10.0. The third kappa shape index (κ3) is 19.5. The average Bonchev–Trinajstić information content (AvgIpc) is 3.53. The summed E-state index contributed by atoms with van der Waals surface area (Å²) < 4.78 is 9.65. The fourth-order valence-electron chi connectivity index (χ4n) is 3.15. The Morgan fingerprint density at radius 3 is 1.62 bits per heavy atom. The van der Waals surface area contributed by atoms with Crippen molar-refractivity contribution < 1.29 is 38.9 Å². The number of unbranched alkanes of at least 4 members (excludes halogenated alkanes) is 2. The summed E-state index contributed by atoms with van der Waals surface area (Å²) in [5.74, 6) is 0.0548. The van der Waals surface area contributed by atoms with E-state index in [-0.39, 0.29) is 41.2 Å². The van der Waals surface area contributed by atoms with Crippen molar-refractivity contribution in [2.75, 3.05) is 19.8 Å². The molecule has 1 aliphatic heterocycles. The molecule has 8 heteroatoms. The van der Waals surface area contributed by atoms with Gasteiger partial charge < -0.3 is 19.7 Å². The van der Waals surface area contributed by atoms with Gasteiger partial charge in [0.25, 0.3) is 0 Å². The van der Waals surface area contributed by atoms with Gasteiger partial charge in [-0.1, -0.05) is 26.7 Å². The van der Waals surface area contributed by atoms with E-state index in [2.05, 4.69) is 6.92 Å². The number of carbonyl (C=O) groups excluding carboxylic acids is 4. The standard InChI is InChI=1S/C13H16O3.C8H8O2.C7H14O2.C4H8O/c1-2-3-4-12(15)9-13(16)10-5-7-11(14)8-6-10;1-6(9)7-2-4-8(10)5-3-7;1-3-5-6-7(8)9-4-2;1-2-4-5-3-1/h5-8,14H,2-4,9H2,1H3;2-5,10H,1H3;3-6H2,1-2H3;1-4H2. The van der Waals surface area contributed by atoms with Crippen molar-refractivity contribution in [1.82, 2.24) is 0 Å². The third-order valence-corrected chi connectivity index (χ3v) is 5.50. The average molecular weight is 559 g/mol. The maximum atomic E-state index is 11.6. The number of benzene rings is 2. The molecule has 0 spiro atoms. The largest absolute Gasteiger partial charge is 0.508 e. The number of ketones is 3. The van der Waals surface area contributed by atoms with Crippen LogP contribution in [0.3, 0.4) is 0 Å². The van der Waals surface area contributed by atoms with Gasteiger partial charge in [-0.15, -0.1) is 0 Å². The minimum absolute atomic E-state index is 0.0139. The fraction of sp³-hybridized carbons (Fsp3) is 0.500. The highest BCUT2D eigenvalue weighted by atomic mass is 16.5. The van der Waals surface area contributed by atoms with Crippen LogP contribution in [0.25, 0.3) is 0 Å². The van der Waals surface area contributed by atoms with Crippen LogP contribution in [0.4, 0.5) is 0 Å². The molecule has 2 aromatic carbocycles. The summed E-state index contributed by atoms with van der Waals surface area (Å²) in [6, 6.07) is 12.1. The van der Waals surface area contributed by atoms with Gasteiger partial charge in [-0.05, 0) is 88.1 Å². The quantitative estimate of drug-likeness (QED) is 0.174. The van der Waals surface area contributed by atoms with Gasteiger partial charge in [0.2, 0.25) is 0 Å². The lowest BCUT2D eigenvalue weighted by molar-refractivity contribution is -0.143. The zero-order valence-electron chi connectivity index (χ0n) is 24.4. The number of carbonyl (C=O) groups is 4. The summed E-state index contributed by atoms with van der Waals surface area (Å²) in [5.41, 5.74) is 1.10. The monoisotopic (exact) mass is 558 g/mol. The fourth-order valence-corrected chi connectivity index (χ4v) is 3.15. The molecule has 0 amide bonds. The number of hydrogen-bond donors (Lipinski definition) is 2. The van der Waals surface area contributed by atoms with Gasteiger partial charge in [-0.2, -0.15) is 0 Å². The van der Waals surface area contributed by atoms with Gasteiger partial charge in [0, 0.05) is 37.2 Å². The summed E-state index contributed by atoms with van der Waals surface area (Å²) >= 11 is 0. The van der Waals surface area contributed by atoms with Crippen molar-refractivity contribution in [2.24, 2.45) is 0 Å². The maximum Gasteiger partial charge on any atom is 0.305 e. The molecule has 0 unspecified atom stereocenters. The molecule has 0 aliphatic carbocycles. The molecule has 8 nitrogen and oxygen atoms in total. The molecule has 0 radical (unpaired) electrons. The zero-order valence-corrected chi connectivity index (χ0v) is 24.4. The Balaban J connectivity index is 0.000000546. The first-order valence-electron chi connectivity index (χ1n) is 14.0. The number of rotatable bonds is 11. The van der Waals surface area contributed by atoms with Crippen LogP contribution in [0.15, 0.2) is 48.5 Å². The summed E-state index contributed by atoms with van der Waals surface area (Å²) in [4.78, 5) is 44.3. The van der Waals surface area contributed by atoms with Gasteiger partial charge in [0.1, 0.15) is 17.3 Å². The van der Waals surface area contributed by atoms with Gasteiger partial charge in [-0.3, -0.25) is 19.2 Å². The van der Waals surface area contributed by atoms with E-state index >= 15 is 0 Å². The molecule has 222 valence electrons. The van der Waals surface area contributed by atoms with E-state index in [0.717, 1.165) is 38.9 Å². The summed E-state index contributed by atoms with van der Waals surface area (Å²) in [7, 11) is 0. The van der Waals surface area contributed by atoms with E-state index in [1.165, 1.54) is 56.2 Å². The van der Waals surface area contributed by atoms with Crippen LogP contribution in [0.5, 0.6) is 11.5 Å². The number of aromatic hydroxyl groups is 2. The lowest BCUT2D eigenvalue weighted by Gasteiger charge is -2.00. The molecule has 1 saturated heterocycles. The molecule has 3 rings (SSSR count). The van der Waals surface area contributed by atoms with Crippen LogP contribution in [-0.2, 0) is 19.1 Å². The molecular formula is C32H46O8. The molecule has 1 aliphatic rings. The number of phenolic OH excluding ortho intramolecular Hbond substituents is 2. The Hall–Kier alpha value is -3.52. The second kappa shape index (κ2) is 23.4. The van der Waals surface area contributed by atoms with E-state index in [9.17, 15) is 19.2 Å². The highest BCUT2D eigenvalue weighted by Gasteiger charge is 2.11. The van der Waals surface area contributed by atoms with Crippen molar-refractivity contribution in [2.45, 2.75) is 85.5 Å². The van der Waals surface area contributed by atoms with E-state index in [1.54, 1.807) is 12.1 Å². The van der Waals surface area contributed by atoms with Crippen LogP contribution < -0.4 is 0 Å². The highest BCUT2D eigenvalue weighted by molar-refractivity contribution is 6.07. The Labute approximate surface area is 238 Å². The van der Waals surface area contributed by atoms with E-state index < -0.39 is 0 Å². The summed E-state index contributed by atoms with van der Waals surface area (Å²) in [6.07, 6.45) is 7.36. The van der Waals surface area contributed by atoms with Gasteiger partial charge in [-0.25, -0.2) is 0 Å². The Morgan fingerprint density at radius 2 is 1.23 bits per heavy atom. The molecule has 0 bridgehead atoms. The van der Waals surface area contributed by atoms with Crippen molar-refractivity contribution in [3.05, 3.63) is 59.7 Å². The Morgan fingerprint density at radius 1 is 0.750 bits per heavy atom. The van der Waals surface area contributed by atoms with Gasteiger partial charge in [0.05, 0.1) is 13.0 Å². The predicted molar refractivity (Wildman–Crippen MR) is 156 cm³/mol. The van der Waals surface area contributed by atoms with Crippen LogP contribution in [0.1, 0.15) is 106 Å². The minimum atomic E-state index is -0.180. The molecule has 1 fully saturated rings. The van der Waals surface area contributed by atoms with E-state index in [1.807, 2.05) is 13.8 Å². The molecule has 1 heterocycles. The number of hydrogen-bond acceptors (Lipinski definition) is 8. The topological polar surface area (TPSA) is 127 Å². The van der Waals surface area contributed by atoms with Crippen LogP contribution >= 0.6 is 0 Å². The van der Waals surface area contributed by atoms with E-state index in [4.69, 9.17) is 19.7 Å². The predicted octanol–water partition coefficient (Wildman–Crippen LogP) is 6.86. The molecule has 0 atom stereocenters. The first-order chi connectivity index (χ1) is 19.1. The first kappa shape index (κ1) is 36.5. The minimum Gasteiger partial charge on any atom is -0.508 e. The molecule has 2 aromatic rings. The van der Waals surface area contributed by atoms with Crippen LogP contribution in [-0.4, -0.2) is 53.4 Å². The molecular weight excluding hydrogens is 512 g/mol. The van der Waals surface area contributed by atoms with Gasteiger partial charge in [0.15, 0.2) is 11.6 Å². The number of ether oxygens (including phenoxy) is 2. The molecule has 0 aromatic heterocycles. The van der Waals surface area contributed by atoms with Crippen molar-refractivity contribution in [3.8, 4) is 11.5 Å². The van der Waals surface area contributed by atoms with E-state index in [0.29, 0.717) is 30.6 Å². The zero-order chi connectivity index (χ0) is 30.2. The lowest BCUT2D eigenvalue weighted by Crippen LogP contribution is -2.07. The van der Waals surface area contributed by atoms with Gasteiger partial charge >= 0.3 is 5.97 Å². The second-order valence-electron chi connectivity index (χ2n) is 9.12. The van der Waals surface area contributed by atoms with Crippen LogP contribution in [0.2, 0.25) is 0 Å². The first-order valence-corrected chi connectivity index (χ1v) is 14.0. The Bertz CT molecular complexity index is 969. The maximum absolute atomic E-state index is 11.6. The molecule has 0 saturated carbocycles. The second-order valence-corrected chi connectivity index (χ2v) is 9.12. The summed E-state index contributed by atoms with van der Waals surface area (Å²) in [6.45, 7) is 9.88. The van der Waals surface area contributed by atoms with Crippen molar-refractivity contribution in [1.29, 1.82) is 0 Å². The number of phenols is 2. The number of esters is 1. The summed E-state index contributed by atoms with van der Waals surface area (Å²) in [5, 5.41) is 17.9. The van der Waals surface area contributed by atoms with Crippen LogP contribution in [0, 0.1) is 0 Å². The smallest absolute Gasteiger partial charge is 0.305 e. The van der Waals surface area contributed by atoms with Crippen molar-refractivity contribution in [3.63, 3.8) is 0 Å². The van der Waals surface area contributed by atoms with Crippen molar-refractivity contribution >= 4 is 23.3 Å². The molecule has 40 heavy (non-hydrogen) atoms.